The third kappa shape index (κ3) is 9.23. The third-order valence-electron chi connectivity index (χ3n) is 6.60. The van der Waals surface area contributed by atoms with Crippen molar-refractivity contribution in [3.63, 3.8) is 0 Å². The minimum atomic E-state index is -0.721. The number of hydrogen-bond donors (Lipinski definition) is 1. The second kappa shape index (κ2) is 14.6. The fourth-order valence-corrected chi connectivity index (χ4v) is 4.71. The van der Waals surface area contributed by atoms with Crippen LogP contribution in [0.4, 0.5) is 4.79 Å². The van der Waals surface area contributed by atoms with Gasteiger partial charge in [-0.25, -0.2) is 4.79 Å². The predicted octanol–water partition coefficient (Wildman–Crippen LogP) is 5.80. The summed E-state index contributed by atoms with van der Waals surface area (Å²) in [6, 6.07) is 5.38. The van der Waals surface area contributed by atoms with Crippen molar-refractivity contribution >= 4 is 17.8 Å². The SMILES string of the molecule is C=CCC(CN(Cc1ccc(OC)cc1OC)C(=O)/C(=C/C)NC(=O)OC(C)(C)C)C(=O)C1CCCCC1. The molecule has 0 spiro atoms. The number of hydrogen-bond acceptors (Lipinski definition) is 6. The van der Waals surface area contributed by atoms with E-state index in [-0.39, 0.29) is 30.5 Å². The number of alkyl carbamates (subject to hydrolysis) is 1. The van der Waals surface area contributed by atoms with Gasteiger partial charge in [-0.1, -0.05) is 31.4 Å². The second-order valence-corrected chi connectivity index (χ2v) is 10.7. The van der Waals surface area contributed by atoms with E-state index in [0.29, 0.717) is 17.9 Å². The highest BCUT2D eigenvalue weighted by Crippen LogP contribution is 2.30. The van der Waals surface area contributed by atoms with Gasteiger partial charge in [0.25, 0.3) is 5.91 Å². The van der Waals surface area contributed by atoms with Crippen LogP contribution in [0.15, 0.2) is 42.6 Å². The number of nitrogens with one attached hydrogen (secondary N) is 1. The quantitative estimate of drug-likeness (QED) is 0.272. The molecule has 38 heavy (non-hydrogen) atoms. The molecule has 2 rings (SSSR count). The number of ketones is 1. The lowest BCUT2D eigenvalue weighted by molar-refractivity contribution is -0.132. The van der Waals surface area contributed by atoms with Crippen LogP contribution in [0.5, 0.6) is 11.5 Å². The van der Waals surface area contributed by atoms with Crippen LogP contribution in [0.3, 0.4) is 0 Å². The number of rotatable bonds is 12. The average molecular weight is 529 g/mol. The molecule has 0 bridgehead atoms. The van der Waals surface area contributed by atoms with Gasteiger partial charge in [-0.3, -0.25) is 14.9 Å². The first kappa shape index (κ1) is 30.9. The summed E-state index contributed by atoms with van der Waals surface area (Å²) in [7, 11) is 3.13. The Labute approximate surface area is 227 Å². The first-order chi connectivity index (χ1) is 18.0. The smallest absolute Gasteiger partial charge is 0.412 e. The minimum absolute atomic E-state index is 0.00208. The maximum atomic E-state index is 13.8. The molecular weight excluding hydrogens is 484 g/mol. The maximum Gasteiger partial charge on any atom is 0.412 e. The molecule has 1 atom stereocenters. The van der Waals surface area contributed by atoms with E-state index < -0.39 is 23.5 Å². The summed E-state index contributed by atoms with van der Waals surface area (Å²) in [6.07, 6.45) is 8.02. The van der Waals surface area contributed by atoms with Crippen molar-refractivity contribution in [3.8, 4) is 11.5 Å². The van der Waals surface area contributed by atoms with Crippen molar-refractivity contribution in [2.45, 2.75) is 78.4 Å². The molecule has 2 amide bonds. The molecule has 1 saturated carbocycles. The van der Waals surface area contributed by atoms with Gasteiger partial charge < -0.3 is 19.1 Å². The van der Waals surface area contributed by atoms with Crippen LogP contribution in [0, 0.1) is 11.8 Å². The van der Waals surface area contributed by atoms with E-state index in [1.807, 2.05) is 6.07 Å². The van der Waals surface area contributed by atoms with Gasteiger partial charge in [0.15, 0.2) is 0 Å². The summed E-state index contributed by atoms with van der Waals surface area (Å²) in [5.41, 5.74) is 0.106. The largest absolute Gasteiger partial charge is 0.497 e. The summed E-state index contributed by atoms with van der Waals surface area (Å²) >= 11 is 0. The van der Waals surface area contributed by atoms with E-state index in [1.165, 1.54) is 6.08 Å². The number of carbonyl (C=O) groups is 3. The van der Waals surface area contributed by atoms with Gasteiger partial charge in [-0.05, 0) is 59.1 Å². The highest BCUT2D eigenvalue weighted by atomic mass is 16.6. The zero-order valence-electron chi connectivity index (χ0n) is 23.8. The normalized spacial score (nSPS) is 15.3. The number of carbonyl (C=O) groups excluding carboxylic acids is 3. The number of amides is 2. The topological polar surface area (TPSA) is 94.2 Å². The molecule has 0 saturated heterocycles. The van der Waals surface area contributed by atoms with Crippen LogP contribution in [-0.2, 0) is 20.9 Å². The highest BCUT2D eigenvalue weighted by Gasteiger charge is 2.32. The molecule has 1 unspecified atom stereocenters. The van der Waals surface area contributed by atoms with Gasteiger partial charge in [-0.15, -0.1) is 6.58 Å². The van der Waals surface area contributed by atoms with E-state index in [2.05, 4.69) is 11.9 Å². The van der Waals surface area contributed by atoms with Crippen molar-refractivity contribution in [1.29, 1.82) is 0 Å². The molecule has 0 heterocycles. The Morgan fingerprint density at radius 2 is 1.82 bits per heavy atom. The number of allylic oxidation sites excluding steroid dienone is 2. The van der Waals surface area contributed by atoms with Gasteiger partial charge in [0.2, 0.25) is 0 Å². The number of methoxy groups -OCH3 is 2. The molecule has 1 aromatic rings. The third-order valence-corrected chi connectivity index (χ3v) is 6.60. The Morgan fingerprint density at radius 1 is 1.13 bits per heavy atom. The Balaban J connectivity index is 2.39. The van der Waals surface area contributed by atoms with Crippen LogP contribution < -0.4 is 14.8 Å². The Hall–Kier alpha value is -3.29. The maximum absolute atomic E-state index is 13.8. The standard InChI is InChI=1S/C30H44N2O6/c1-8-13-23(27(33)21-14-11-10-12-15-21)20-32(19-22-16-17-24(36-6)18-26(22)37-7)28(34)25(9-2)31-29(35)38-30(3,4)5/h8-9,16-18,21,23H,1,10-15,19-20H2,2-7H3,(H,31,35)/b25-9-. The Bertz CT molecular complexity index is 1000. The van der Waals surface area contributed by atoms with E-state index in [0.717, 1.165) is 37.7 Å². The van der Waals surface area contributed by atoms with Crippen molar-refractivity contribution < 1.29 is 28.6 Å². The summed E-state index contributed by atoms with van der Waals surface area (Å²) in [5.74, 6) is 0.544. The molecule has 210 valence electrons. The van der Waals surface area contributed by atoms with Crippen LogP contribution in [0.1, 0.15) is 71.8 Å². The first-order valence-corrected chi connectivity index (χ1v) is 13.3. The molecule has 1 aliphatic rings. The number of nitrogens with zero attached hydrogens (tertiary/aromatic N) is 1. The fraction of sp³-hybridized carbons (Fsp3) is 0.567. The van der Waals surface area contributed by atoms with Gasteiger partial charge in [0.1, 0.15) is 28.6 Å². The summed E-state index contributed by atoms with van der Waals surface area (Å²) in [5, 5.41) is 2.59. The molecule has 0 aliphatic heterocycles. The molecule has 1 aromatic carbocycles. The lowest BCUT2D eigenvalue weighted by Gasteiger charge is -2.31. The summed E-state index contributed by atoms with van der Waals surface area (Å²) in [4.78, 5) is 41.4. The second-order valence-electron chi connectivity index (χ2n) is 10.7. The zero-order chi connectivity index (χ0) is 28.3. The molecule has 8 heteroatoms. The van der Waals surface area contributed by atoms with E-state index >= 15 is 0 Å². The predicted molar refractivity (Wildman–Crippen MR) is 148 cm³/mol. The van der Waals surface area contributed by atoms with Crippen LogP contribution >= 0.6 is 0 Å². The minimum Gasteiger partial charge on any atom is -0.497 e. The van der Waals surface area contributed by atoms with Crippen molar-refractivity contribution in [1.82, 2.24) is 10.2 Å². The Morgan fingerprint density at radius 3 is 2.37 bits per heavy atom. The first-order valence-electron chi connectivity index (χ1n) is 13.3. The monoisotopic (exact) mass is 528 g/mol. The Kier molecular flexibility index (Phi) is 11.9. The number of benzene rings is 1. The number of ether oxygens (including phenoxy) is 3. The van der Waals surface area contributed by atoms with E-state index in [1.54, 1.807) is 65.0 Å². The van der Waals surface area contributed by atoms with Crippen LogP contribution in [0.2, 0.25) is 0 Å². The van der Waals surface area contributed by atoms with Crippen LogP contribution in [-0.4, -0.2) is 49.0 Å². The highest BCUT2D eigenvalue weighted by molar-refractivity contribution is 5.96. The lowest BCUT2D eigenvalue weighted by Crippen LogP contribution is -2.43. The molecule has 1 N–H and O–H groups in total. The van der Waals surface area contributed by atoms with Crippen molar-refractivity contribution in [2.24, 2.45) is 11.8 Å². The molecule has 1 fully saturated rings. The van der Waals surface area contributed by atoms with Crippen molar-refractivity contribution in [2.75, 3.05) is 20.8 Å². The molecule has 0 radical (unpaired) electrons. The lowest BCUT2D eigenvalue weighted by atomic mass is 9.80. The zero-order valence-corrected chi connectivity index (χ0v) is 23.8. The van der Waals surface area contributed by atoms with Gasteiger partial charge >= 0.3 is 6.09 Å². The molecule has 1 aliphatic carbocycles. The summed E-state index contributed by atoms with van der Waals surface area (Å²) in [6.45, 7) is 11.1. The van der Waals surface area contributed by atoms with Gasteiger partial charge in [0, 0.05) is 36.6 Å². The molecule has 0 aromatic heterocycles. The van der Waals surface area contributed by atoms with Gasteiger partial charge in [-0.2, -0.15) is 0 Å². The fourth-order valence-electron chi connectivity index (χ4n) is 4.71. The molecule has 8 nitrogen and oxygen atoms in total. The average Bonchev–Trinajstić information content (AvgIpc) is 2.89. The number of Topliss-reactive ketones (excluding diaryl/α,β-unsaturated/α-hetero) is 1. The van der Waals surface area contributed by atoms with Crippen LogP contribution in [0.25, 0.3) is 0 Å². The molecular formula is C30H44N2O6. The van der Waals surface area contributed by atoms with Gasteiger partial charge in [0.05, 0.1) is 14.2 Å². The van der Waals surface area contributed by atoms with E-state index in [9.17, 15) is 14.4 Å². The van der Waals surface area contributed by atoms with Crippen molar-refractivity contribution in [3.05, 3.63) is 48.2 Å². The summed E-state index contributed by atoms with van der Waals surface area (Å²) < 4.78 is 16.2. The van der Waals surface area contributed by atoms with E-state index in [4.69, 9.17) is 14.2 Å².